The number of hydrogen-bond donors (Lipinski definition) is 1. The van der Waals surface area contributed by atoms with Crippen LogP contribution in [0.5, 0.6) is 0 Å². The van der Waals surface area contributed by atoms with Crippen molar-refractivity contribution in [2.75, 3.05) is 13.1 Å². The maximum atomic E-state index is 5.31. The molecule has 8 heavy (non-hydrogen) atoms. The fourth-order valence-electron chi connectivity index (χ4n) is 0.494. The van der Waals surface area contributed by atoms with Crippen molar-refractivity contribution in [3.05, 3.63) is 12.2 Å². The van der Waals surface area contributed by atoms with E-state index in [9.17, 15) is 0 Å². The number of hydrazine groups is 1. The van der Waals surface area contributed by atoms with E-state index in [0.717, 1.165) is 13.1 Å². The fourth-order valence-corrected chi connectivity index (χ4v) is 0.494. The summed E-state index contributed by atoms with van der Waals surface area (Å²) in [4.78, 5) is 0. The van der Waals surface area contributed by atoms with Gasteiger partial charge in [0.2, 0.25) is 0 Å². The van der Waals surface area contributed by atoms with Crippen LogP contribution in [0.1, 0.15) is 13.8 Å². The summed E-state index contributed by atoms with van der Waals surface area (Å²) in [7, 11) is 0. The molecule has 0 bridgehead atoms. The van der Waals surface area contributed by atoms with Gasteiger partial charge in [0.15, 0.2) is 0 Å². The molecule has 0 aromatic rings. The van der Waals surface area contributed by atoms with Gasteiger partial charge in [-0.3, -0.25) is 5.84 Å². The third-order valence-electron chi connectivity index (χ3n) is 0.847. The number of rotatable bonds is 0. The molecule has 0 aliphatic carbocycles. The lowest BCUT2D eigenvalue weighted by molar-refractivity contribution is 0.370. The summed E-state index contributed by atoms with van der Waals surface area (Å²) in [6.45, 7) is 5.83. The summed E-state index contributed by atoms with van der Waals surface area (Å²) in [5.74, 6) is 5.31. The zero-order chi connectivity index (χ0) is 6.41. The maximum absolute atomic E-state index is 5.31. The Balaban J connectivity index is 0.000000222. The second-order valence-corrected chi connectivity index (χ2v) is 1.43. The van der Waals surface area contributed by atoms with E-state index in [-0.39, 0.29) is 0 Å². The Kier molecular flexibility index (Phi) is 4.61. The van der Waals surface area contributed by atoms with Gasteiger partial charge in [0.1, 0.15) is 0 Å². The van der Waals surface area contributed by atoms with E-state index in [0.29, 0.717) is 0 Å². The van der Waals surface area contributed by atoms with E-state index < -0.39 is 0 Å². The standard InChI is InChI=1S/C4H8N2.C2H6/c5-6-3-1-2-4-6;1-2/h1-2H,3-5H2;1-2H3. The summed E-state index contributed by atoms with van der Waals surface area (Å²) in [6, 6.07) is 0. The molecule has 0 atom stereocenters. The maximum Gasteiger partial charge on any atom is 0.0313 e. The van der Waals surface area contributed by atoms with Gasteiger partial charge in [-0.1, -0.05) is 26.0 Å². The Bertz CT molecular complexity index is 60.9. The molecule has 0 fully saturated rings. The van der Waals surface area contributed by atoms with Crippen LogP contribution in [0.4, 0.5) is 0 Å². The van der Waals surface area contributed by atoms with Crippen molar-refractivity contribution in [1.29, 1.82) is 0 Å². The van der Waals surface area contributed by atoms with Crippen LogP contribution in [-0.2, 0) is 0 Å². The summed E-state index contributed by atoms with van der Waals surface area (Å²) in [6.07, 6.45) is 4.11. The van der Waals surface area contributed by atoms with Gasteiger partial charge in [-0.05, 0) is 0 Å². The second kappa shape index (κ2) is 4.81. The first-order valence-electron chi connectivity index (χ1n) is 3.04. The quantitative estimate of drug-likeness (QED) is 0.372. The van der Waals surface area contributed by atoms with Crippen molar-refractivity contribution >= 4 is 0 Å². The first kappa shape index (κ1) is 7.66. The number of nitrogens with two attached hydrogens (primary N) is 1. The lowest BCUT2D eigenvalue weighted by Crippen LogP contribution is -2.27. The first-order valence-corrected chi connectivity index (χ1v) is 3.04. The van der Waals surface area contributed by atoms with Gasteiger partial charge in [0.05, 0.1) is 0 Å². The Hall–Kier alpha value is -0.340. The number of hydrogen-bond acceptors (Lipinski definition) is 2. The van der Waals surface area contributed by atoms with Crippen molar-refractivity contribution in [3.63, 3.8) is 0 Å². The predicted octanol–water partition coefficient (Wildman–Crippen LogP) is 0.758. The molecular weight excluding hydrogens is 100 g/mol. The minimum atomic E-state index is 0.917. The van der Waals surface area contributed by atoms with E-state index in [4.69, 9.17) is 5.84 Å². The normalized spacial score (nSPS) is 17.9. The monoisotopic (exact) mass is 114 g/mol. The summed E-state index contributed by atoms with van der Waals surface area (Å²) in [5, 5.41) is 1.75. The van der Waals surface area contributed by atoms with Crippen LogP contribution in [-0.4, -0.2) is 18.1 Å². The molecule has 0 saturated carbocycles. The molecule has 0 spiro atoms. The van der Waals surface area contributed by atoms with Crippen molar-refractivity contribution in [2.24, 2.45) is 5.84 Å². The van der Waals surface area contributed by atoms with Crippen LogP contribution in [0.15, 0.2) is 12.2 Å². The second-order valence-electron chi connectivity index (χ2n) is 1.43. The molecule has 0 aromatic carbocycles. The van der Waals surface area contributed by atoms with Crippen molar-refractivity contribution < 1.29 is 0 Å². The molecule has 0 unspecified atom stereocenters. The van der Waals surface area contributed by atoms with Crippen LogP contribution in [0.25, 0.3) is 0 Å². The van der Waals surface area contributed by atoms with Crippen LogP contribution < -0.4 is 5.84 Å². The Morgan fingerprint density at radius 3 is 1.75 bits per heavy atom. The molecule has 1 heterocycles. The van der Waals surface area contributed by atoms with Crippen molar-refractivity contribution in [1.82, 2.24) is 5.01 Å². The number of nitrogens with zero attached hydrogens (tertiary/aromatic N) is 1. The van der Waals surface area contributed by atoms with Crippen LogP contribution >= 0.6 is 0 Å². The Morgan fingerprint density at radius 2 is 1.62 bits per heavy atom. The lowest BCUT2D eigenvalue weighted by Gasteiger charge is -2.01. The van der Waals surface area contributed by atoms with Gasteiger partial charge in [-0.2, -0.15) is 0 Å². The largest absolute Gasteiger partial charge is 0.268 e. The highest BCUT2D eigenvalue weighted by Gasteiger charge is 1.95. The first-order chi connectivity index (χ1) is 3.89. The topological polar surface area (TPSA) is 29.3 Å². The zero-order valence-electron chi connectivity index (χ0n) is 5.59. The Morgan fingerprint density at radius 1 is 1.25 bits per heavy atom. The molecule has 2 nitrogen and oxygen atoms in total. The van der Waals surface area contributed by atoms with E-state index in [1.807, 2.05) is 13.8 Å². The molecule has 0 amide bonds. The summed E-state index contributed by atoms with van der Waals surface area (Å²) < 4.78 is 0. The lowest BCUT2D eigenvalue weighted by atomic mass is 10.6. The van der Waals surface area contributed by atoms with Crippen LogP contribution in [0.2, 0.25) is 0 Å². The molecule has 1 rings (SSSR count). The predicted molar refractivity (Wildman–Crippen MR) is 36.2 cm³/mol. The van der Waals surface area contributed by atoms with Gasteiger partial charge in [0, 0.05) is 13.1 Å². The van der Waals surface area contributed by atoms with Gasteiger partial charge in [-0.15, -0.1) is 0 Å². The third-order valence-corrected chi connectivity index (χ3v) is 0.847. The van der Waals surface area contributed by atoms with Crippen molar-refractivity contribution in [3.8, 4) is 0 Å². The molecule has 1 aliphatic heterocycles. The third kappa shape index (κ3) is 2.77. The average molecular weight is 114 g/mol. The Labute approximate surface area is 50.9 Å². The molecule has 48 valence electrons. The zero-order valence-corrected chi connectivity index (χ0v) is 5.59. The van der Waals surface area contributed by atoms with E-state index in [1.54, 1.807) is 5.01 Å². The molecule has 2 N–H and O–H groups in total. The minimum absolute atomic E-state index is 0.917. The van der Waals surface area contributed by atoms with E-state index in [1.165, 1.54) is 0 Å². The molecule has 0 radical (unpaired) electrons. The molecular formula is C6H14N2. The van der Waals surface area contributed by atoms with Crippen LogP contribution in [0, 0.1) is 0 Å². The molecule has 1 aliphatic rings. The van der Waals surface area contributed by atoms with Crippen LogP contribution in [0.3, 0.4) is 0 Å². The average Bonchev–Trinajstić information content (AvgIpc) is 2.24. The molecule has 0 saturated heterocycles. The van der Waals surface area contributed by atoms with Gasteiger partial charge in [0.25, 0.3) is 0 Å². The molecule has 0 aromatic heterocycles. The van der Waals surface area contributed by atoms with Gasteiger partial charge < -0.3 is 0 Å². The highest BCUT2D eigenvalue weighted by atomic mass is 15.4. The summed E-state index contributed by atoms with van der Waals surface area (Å²) in [5.41, 5.74) is 0. The minimum Gasteiger partial charge on any atom is -0.268 e. The van der Waals surface area contributed by atoms with Crippen molar-refractivity contribution in [2.45, 2.75) is 13.8 Å². The summed E-state index contributed by atoms with van der Waals surface area (Å²) >= 11 is 0. The van der Waals surface area contributed by atoms with E-state index >= 15 is 0 Å². The molecule has 2 heteroatoms. The smallest absolute Gasteiger partial charge is 0.0313 e. The van der Waals surface area contributed by atoms with Gasteiger partial charge >= 0.3 is 0 Å². The van der Waals surface area contributed by atoms with Gasteiger partial charge in [-0.25, -0.2) is 5.01 Å². The highest BCUT2D eigenvalue weighted by Crippen LogP contribution is 1.87. The SMILES string of the molecule is CC.NN1CC=CC1. The fraction of sp³-hybridized carbons (Fsp3) is 0.667. The highest BCUT2D eigenvalue weighted by molar-refractivity contribution is 4.92. The van der Waals surface area contributed by atoms with E-state index in [2.05, 4.69) is 12.2 Å².